The highest BCUT2D eigenvalue weighted by atomic mass is 16.5. The van der Waals surface area contributed by atoms with E-state index in [2.05, 4.69) is 36.7 Å². The lowest BCUT2D eigenvalue weighted by Crippen LogP contribution is -2.30. The van der Waals surface area contributed by atoms with E-state index in [1.807, 2.05) is 103 Å². The summed E-state index contributed by atoms with van der Waals surface area (Å²) in [5.74, 6) is 1.49. The summed E-state index contributed by atoms with van der Waals surface area (Å²) in [6.07, 6.45) is 6.41. The van der Waals surface area contributed by atoms with E-state index in [9.17, 15) is 2.74 Å². The number of rotatable bonds is 11. The SMILES string of the molecule is [2H]c1c([2H])c([2H])c(-c2cccc(-c3c([2H])c([2H])c([2H])c([2H])c3[2H])c2-[n+]2[c-]n(-c3cccc(Oc4ccc5c6cc(-c7ccccc7)ccc6n(-c6cc(C([2H])([2H])C(C)(C)c7ccccc7)ccn6)c5c4)c3)cc2)c([2H])c1[2H]. The average Bonchev–Trinajstić information content (AvgIpc) is 4.24. The Labute approximate surface area is 396 Å². The summed E-state index contributed by atoms with van der Waals surface area (Å²) in [6, 6.07) is 42.1. The highest BCUT2D eigenvalue weighted by molar-refractivity contribution is 6.10. The molecule has 0 fully saturated rings. The van der Waals surface area contributed by atoms with Crippen molar-refractivity contribution >= 4 is 21.8 Å². The van der Waals surface area contributed by atoms with Crippen LogP contribution in [0.2, 0.25) is 0 Å². The maximum atomic E-state index is 9.56. The largest absolute Gasteiger partial charge is 0.458 e. The second-order valence-corrected chi connectivity index (χ2v) is 16.1. The number of aromatic nitrogens is 4. The highest BCUT2D eigenvalue weighted by Crippen LogP contribution is 2.38. The quantitative estimate of drug-likeness (QED) is 0.0960. The van der Waals surface area contributed by atoms with Crippen LogP contribution in [-0.4, -0.2) is 14.1 Å². The zero-order valence-corrected chi connectivity index (χ0v) is 35.4. The summed E-state index contributed by atoms with van der Waals surface area (Å²) >= 11 is 0. The molecule has 3 heterocycles. The van der Waals surface area contributed by atoms with Crippen LogP contribution in [0.5, 0.6) is 11.5 Å². The molecule has 3 aromatic heterocycles. The van der Waals surface area contributed by atoms with Crippen LogP contribution in [0.4, 0.5) is 0 Å². The van der Waals surface area contributed by atoms with Gasteiger partial charge in [-0.05, 0) is 111 Å². The first-order chi connectivity index (χ1) is 36.9. The molecule has 0 bridgehead atoms. The zero-order valence-electron chi connectivity index (χ0n) is 47.4. The smallest absolute Gasteiger partial charge is 0.268 e. The first-order valence-corrected chi connectivity index (χ1v) is 21.1. The van der Waals surface area contributed by atoms with Crippen molar-refractivity contribution in [3.8, 4) is 62.1 Å². The van der Waals surface area contributed by atoms with Gasteiger partial charge in [-0.3, -0.25) is 13.7 Å². The van der Waals surface area contributed by atoms with Crippen LogP contribution in [-0.2, 0) is 11.8 Å². The molecule has 0 aliphatic carbocycles. The molecular weight excluding hydrogens is 793 g/mol. The molecule has 8 aromatic carbocycles. The maximum absolute atomic E-state index is 9.56. The summed E-state index contributed by atoms with van der Waals surface area (Å²) in [7, 11) is 0. The van der Waals surface area contributed by atoms with Crippen LogP contribution in [0.25, 0.3) is 72.4 Å². The molecular formula is C60H46N4O. The number of para-hydroxylation sites is 1. The average molecular weight is 851 g/mol. The highest BCUT2D eigenvalue weighted by Gasteiger charge is 2.23. The third-order valence-corrected chi connectivity index (χ3v) is 11.5. The van der Waals surface area contributed by atoms with Crippen LogP contribution in [0.3, 0.4) is 0 Å². The minimum absolute atomic E-state index is 0.142. The normalized spacial score (nSPS) is 14.4. The van der Waals surface area contributed by atoms with E-state index in [0.717, 1.165) is 38.5 Å². The van der Waals surface area contributed by atoms with Gasteiger partial charge in [-0.15, -0.1) is 0 Å². The molecule has 312 valence electrons. The predicted octanol–water partition coefficient (Wildman–Crippen LogP) is 14.4. The lowest BCUT2D eigenvalue weighted by molar-refractivity contribution is -0.598. The monoisotopic (exact) mass is 850 g/mol. The Hall–Kier alpha value is -8.28. The second-order valence-electron chi connectivity index (χ2n) is 16.1. The van der Waals surface area contributed by atoms with Crippen LogP contribution < -0.4 is 9.30 Å². The van der Waals surface area contributed by atoms with E-state index < -0.39 is 72.2 Å². The number of nitrogens with zero attached hydrogens (tertiary/aromatic N) is 4. The molecule has 65 heavy (non-hydrogen) atoms. The Bertz CT molecular complexity index is 4010. The van der Waals surface area contributed by atoms with E-state index >= 15 is 0 Å². The van der Waals surface area contributed by atoms with Gasteiger partial charge in [0, 0.05) is 38.2 Å². The first kappa shape index (κ1) is 28.4. The third kappa shape index (κ3) is 7.78. The predicted molar refractivity (Wildman–Crippen MR) is 264 cm³/mol. The van der Waals surface area contributed by atoms with E-state index in [1.165, 1.54) is 4.57 Å². The number of hydrogen-bond acceptors (Lipinski definition) is 2. The molecule has 0 saturated carbocycles. The number of fused-ring (bicyclic) bond motifs is 3. The van der Waals surface area contributed by atoms with Gasteiger partial charge in [-0.2, -0.15) is 0 Å². The zero-order chi connectivity index (χ0) is 54.2. The van der Waals surface area contributed by atoms with Crippen LogP contribution in [0.15, 0.2) is 231 Å². The topological polar surface area (TPSA) is 35.9 Å². The van der Waals surface area contributed by atoms with Crippen molar-refractivity contribution in [1.82, 2.24) is 14.1 Å². The molecule has 11 rings (SSSR count). The van der Waals surface area contributed by atoms with E-state index in [0.29, 0.717) is 28.6 Å². The van der Waals surface area contributed by atoms with Crippen molar-refractivity contribution in [1.29, 1.82) is 0 Å². The van der Waals surface area contributed by atoms with Crippen LogP contribution in [0, 0.1) is 6.33 Å². The summed E-state index contributed by atoms with van der Waals surface area (Å²) in [5, 5.41) is 1.89. The fourth-order valence-electron chi connectivity index (χ4n) is 8.42. The van der Waals surface area contributed by atoms with Crippen molar-refractivity contribution in [2.24, 2.45) is 0 Å². The van der Waals surface area contributed by atoms with Gasteiger partial charge < -0.3 is 4.74 Å². The van der Waals surface area contributed by atoms with Crippen molar-refractivity contribution in [3.63, 3.8) is 0 Å². The molecule has 0 N–H and O–H groups in total. The molecule has 0 saturated heterocycles. The van der Waals surface area contributed by atoms with Crippen molar-refractivity contribution in [3.05, 3.63) is 248 Å². The minimum Gasteiger partial charge on any atom is -0.458 e. The molecule has 5 heteroatoms. The molecule has 0 aliphatic rings. The standard InChI is InChI=1S/C60H46N4O/c1-60(2,48-23-13-6-14-24-48)41-43-33-34-61-58(37-43)64-56-32-29-47(44-17-7-3-8-18-44)38-55(56)54-31-30-51(40-57(54)64)65-50-26-15-25-49(39-50)62-35-36-63(42-62)59-52(45-19-9-4-10-20-45)27-16-28-53(59)46-21-11-5-12-22-46/h3-40H,41H2,1-2H3/i4D,5D,9D,10D,11D,12D,19D,20D,21D,22D,41D2. The van der Waals surface area contributed by atoms with Crippen molar-refractivity contribution in [2.75, 3.05) is 0 Å². The van der Waals surface area contributed by atoms with Gasteiger partial charge in [0.1, 0.15) is 17.3 Å². The number of pyridine rings is 1. The second kappa shape index (κ2) is 16.8. The Morgan fingerprint density at radius 3 is 2.05 bits per heavy atom. The van der Waals surface area contributed by atoms with Crippen molar-refractivity contribution < 1.29 is 25.8 Å². The summed E-state index contributed by atoms with van der Waals surface area (Å²) in [6.45, 7) is 3.83. The number of imidazole rings is 1. The number of ether oxygens (including phenoxy) is 1. The summed E-state index contributed by atoms with van der Waals surface area (Å²) < 4.78 is 117. The Morgan fingerprint density at radius 1 is 0.615 bits per heavy atom. The van der Waals surface area contributed by atoms with Gasteiger partial charge >= 0.3 is 0 Å². The maximum Gasteiger partial charge on any atom is 0.268 e. The first-order valence-electron chi connectivity index (χ1n) is 27.1. The fourth-order valence-corrected chi connectivity index (χ4v) is 8.42. The minimum atomic E-state index is -1.80. The van der Waals surface area contributed by atoms with Gasteiger partial charge in [0.15, 0.2) is 0 Å². The Kier molecular flexibility index (Phi) is 7.34. The Balaban J connectivity index is 1.01. The van der Waals surface area contributed by atoms with Gasteiger partial charge in [0.05, 0.1) is 36.1 Å². The van der Waals surface area contributed by atoms with E-state index in [4.69, 9.17) is 23.4 Å². The molecule has 5 nitrogen and oxygen atoms in total. The fraction of sp³-hybridized carbons (Fsp3) is 0.0667. The van der Waals surface area contributed by atoms with Crippen molar-refractivity contribution in [2.45, 2.75) is 25.6 Å². The summed E-state index contributed by atoms with van der Waals surface area (Å²) in [5.41, 5.74) is 4.91. The third-order valence-electron chi connectivity index (χ3n) is 11.5. The molecule has 0 unspecified atom stereocenters. The van der Waals surface area contributed by atoms with Gasteiger partial charge in [-0.1, -0.05) is 165 Å². The van der Waals surface area contributed by atoms with Gasteiger partial charge in [-0.25, -0.2) is 4.98 Å². The molecule has 0 amide bonds. The molecule has 0 spiro atoms. The molecule has 0 atom stereocenters. The lowest BCUT2D eigenvalue weighted by atomic mass is 9.79. The van der Waals surface area contributed by atoms with Gasteiger partial charge in [0.25, 0.3) is 6.33 Å². The van der Waals surface area contributed by atoms with E-state index in [-0.39, 0.29) is 27.9 Å². The number of benzene rings is 8. The lowest BCUT2D eigenvalue weighted by Gasteiger charge is -2.25. The molecule has 11 aromatic rings. The molecule has 0 aliphatic heterocycles. The molecule has 0 radical (unpaired) electrons. The van der Waals surface area contributed by atoms with E-state index in [1.54, 1.807) is 59.6 Å². The van der Waals surface area contributed by atoms with Crippen LogP contribution >= 0.6 is 0 Å². The Morgan fingerprint density at radius 2 is 1.31 bits per heavy atom. The number of hydrogen-bond donors (Lipinski definition) is 0. The summed E-state index contributed by atoms with van der Waals surface area (Å²) in [4.78, 5) is 4.86. The van der Waals surface area contributed by atoms with Gasteiger partial charge in [0.2, 0.25) is 0 Å². The van der Waals surface area contributed by atoms with Crippen LogP contribution in [0.1, 0.15) is 41.4 Å².